The zero-order valence-electron chi connectivity index (χ0n) is 11.0. The number of alkyl halides is 3. The van der Waals surface area contributed by atoms with Crippen LogP contribution < -0.4 is 11.1 Å². The first-order chi connectivity index (χ1) is 8.85. The molecule has 0 aromatic carbocycles. The van der Waals surface area contributed by atoms with E-state index in [0.29, 0.717) is 0 Å². The van der Waals surface area contributed by atoms with Gasteiger partial charge in [-0.3, -0.25) is 9.59 Å². The van der Waals surface area contributed by atoms with E-state index in [0.717, 1.165) is 0 Å². The number of rotatable bonds is 6. The topological polar surface area (TPSA) is 113 Å². The van der Waals surface area contributed by atoms with Crippen LogP contribution in [0.15, 0.2) is 0 Å². The van der Waals surface area contributed by atoms with Gasteiger partial charge in [-0.1, -0.05) is 0 Å². The van der Waals surface area contributed by atoms with E-state index in [9.17, 15) is 27.6 Å². The number of hydrogen-bond acceptors (Lipinski definition) is 3. The highest BCUT2D eigenvalue weighted by atomic mass is 19.4. The van der Waals surface area contributed by atoms with Crippen LogP contribution in [0.2, 0.25) is 0 Å². The molecule has 116 valence electrons. The normalized spacial score (nSPS) is 11.8. The van der Waals surface area contributed by atoms with Crippen LogP contribution in [-0.4, -0.2) is 53.7 Å². The Morgan fingerprint density at radius 1 is 1.25 bits per heavy atom. The third kappa shape index (κ3) is 6.81. The van der Waals surface area contributed by atoms with Crippen LogP contribution in [0.4, 0.5) is 18.0 Å². The third-order valence-corrected chi connectivity index (χ3v) is 2.33. The molecule has 0 fully saturated rings. The van der Waals surface area contributed by atoms with Gasteiger partial charge in [0, 0.05) is 6.54 Å². The fourth-order valence-corrected chi connectivity index (χ4v) is 1.07. The van der Waals surface area contributed by atoms with Gasteiger partial charge in [0.15, 0.2) is 0 Å². The van der Waals surface area contributed by atoms with E-state index in [2.05, 4.69) is 5.32 Å². The number of carbonyl (C=O) groups is 3. The van der Waals surface area contributed by atoms with E-state index in [1.54, 1.807) is 0 Å². The van der Waals surface area contributed by atoms with Crippen LogP contribution in [0.25, 0.3) is 0 Å². The Hall–Kier alpha value is -2.00. The number of aliphatic carboxylic acids is 1. The number of primary amides is 1. The molecule has 0 aromatic heterocycles. The minimum absolute atomic E-state index is 0.0827. The standard InChI is InChI=1S/C10H16F3N3O4/c1-9(2,7(14)19)4-15-8(20)16(3-6(17)18)5-10(11,12)13/h3-5H2,1-2H3,(H2,14,19)(H,15,20)(H,17,18). The van der Waals surface area contributed by atoms with Crippen molar-refractivity contribution in [2.75, 3.05) is 19.6 Å². The maximum absolute atomic E-state index is 12.2. The quantitative estimate of drug-likeness (QED) is 0.648. The molecule has 0 aliphatic heterocycles. The number of amides is 3. The van der Waals surface area contributed by atoms with Crippen molar-refractivity contribution in [2.24, 2.45) is 11.1 Å². The Bertz CT molecular complexity index is 396. The van der Waals surface area contributed by atoms with Gasteiger partial charge in [0.25, 0.3) is 0 Å². The number of carboxylic acid groups (broad SMARTS) is 1. The van der Waals surface area contributed by atoms with E-state index in [-0.39, 0.29) is 11.4 Å². The number of carboxylic acids is 1. The molecule has 0 aliphatic carbocycles. The number of nitrogens with one attached hydrogen (secondary N) is 1. The van der Waals surface area contributed by atoms with Crippen LogP contribution in [0.5, 0.6) is 0 Å². The fourth-order valence-electron chi connectivity index (χ4n) is 1.07. The molecule has 3 amide bonds. The maximum Gasteiger partial charge on any atom is 0.406 e. The Morgan fingerprint density at radius 3 is 2.10 bits per heavy atom. The molecule has 0 radical (unpaired) electrons. The van der Waals surface area contributed by atoms with Gasteiger partial charge in [-0.05, 0) is 13.8 Å². The SMILES string of the molecule is CC(C)(CNC(=O)N(CC(=O)O)CC(F)(F)F)C(N)=O. The van der Waals surface area contributed by atoms with Crippen LogP contribution in [0.1, 0.15) is 13.8 Å². The van der Waals surface area contributed by atoms with Crippen LogP contribution in [-0.2, 0) is 9.59 Å². The van der Waals surface area contributed by atoms with Gasteiger partial charge < -0.3 is 21.1 Å². The summed E-state index contributed by atoms with van der Waals surface area (Å²) in [5.74, 6) is -2.34. The second kappa shape index (κ2) is 6.44. The molecule has 0 spiro atoms. The number of hydrogen-bond donors (Lipinski definition) is 3. The van der Waals surface area contributed by atoms with Gasteiger partial charge in [-0.15, -0.1) is 0 Å². The third-order valence-electron chi connectivity index (χ3n) is 2.33. The summed E-state index contributed by atoms with van der Waals surface area (Å²) >= 11 is 0. The lowest BCUT2D eigenvalue weighted by Gasteiger charge is -2.26. The van der Waals surface area contributed by atoms with Crippen molar-refractivity contribution in [3.05, 3.63) is 0 Å². The van der Waals surface area contributed by atoms with E-state index in [4.69, 9.17) is 10.8 Å². The van der Waals surface area contributed by atoms with E-state index < -0.39 is 42.6 Å². The van der Waals surface area contributed by atoms with Gasteiger partial charge in [0.1, 0.15) is 13.1 Å². The van der Waals surface area contributed by atoms with Crippen molar-refractivity contribution in [2.45, 2.75) is 20.0 Å². The highest BCUT2D eigenvalue weighted by Crippen LogP contribution is 2.17. The van der Waals surface area contributed by atoms with Crippen molar-refractivity contribution in [3.63, 3.8) is 0 Å². The average molecular weight is 299 g/mol. The minimum atomic E-state index is -4.73. The predicted octanol–water partition coefficient (Wildman–Crippen LogP) is 0.156. The highest BCUT2D eigenvalue weighted by Gasteiger charge is 2.35. The van der Waals surface area contributed by atoms with E-state index in [1.165, 1.54) is 13.8 Å². The summed E-state index contributed by atoms with van der Waals surface area (Å²) in [5.41, 5.74) is 3.87. The molecule has 7 nitrogen and oxygen atoms in total. The molecule has 0 saturated carbocycles. The summed E-state index contributed by atoms with van der Waals surface area (Å²) in [4.78, 5) is 33.0. The highest BCUT2D eigenvalue weighted by molar-refractivity contribution is 5.83. The van der Waals surface area contributed by atoms with Crippen molar-refractivity contribution in [1.82, 2.24) is 10.2 Å². The Morgan fingerprint density at radius 2 is 1.75 bits per heavy atom. The molecule has 0 unspecified atom stereocenters. The molecular weight excluding hydrogens is 283 g/mol. The minimum Gasteiger partial charge on any atom is -0.480 e. The van der Waals surface area contributed by atoms with Gasteiger partial charge in [0.05, 0.1) is 5.41 Å². The van der Waals surface area contributed by atoms with Crippen LogP contribution in [0.3, 0.4) is 0 Å². The first-order valence-electron chi connectivity index (χ1n) is 5.46. The molecule has 0 saturated heterocycles. The summed E-state index contributed by atoms with van der Waals surface area (Å²) in [6.07, 6.45) is -4.73. The van der Waals surface area contributed by atoms with Crippen molar-refractivity contribution in [1.29, 1.82) is 0 Å². The fraction of sp³-hybridized carbons (Fsp3) is 0.700. The molecule has 20 heavy (non-hydrogen) atoms. The Labute approximate surface area is 112 Å². The number of nitrogens with zero attached hydrogens (tertiary/aromatic N) is 1. The zero-order valence-corrected chi connectivity index (χ0v) is 11.0. The summed E-state index contributed by atoms with van der Waals surface area (Å²) in [7, 11) is 0. The van der Waals surface area contributed by atoms with E-state index >= 15 is 0 Å². The van der Waals surface area contributed by atoms with Gasteiger partial charge in [-0.2, -0.15) is 13.2 Å². The summed E-state index contributed by atoms with van der Waals surface area (Å²) in [5, 5.41) is 10.5. The van der Waals surface area contributed by atoms with Gasteiger partial charge >= 0.3 is 18.2 Å². The number of nitrogens with two attached hydrogens (primary N) is 1. The Kier molecular flexibility index (Phi) is 5.79. The average Bonchev–Trinajstić information content (AvgIpc) is 2.22. The molecule has 0 aliphatic rings. The van der Waals surface area contributed by atoms with Crippen molar-refractivity contribution < 1.29 is 32.7 Å². The van der Waals surface area contributed by atoms with Crippen LogP contribution >= 0.6 is 0 Å². The lowest BCUT2D eigenvalue weighted by atomic mass is 9.93. The molecule has 0 rings (SSSR count). The monoisotopic (exact) mass is 299 g/mol. The molecule has 10 heteroatoms. The maximum atomic E-state index is 12.2. The number of carbonyl (C=O) groups excluding carboxylic acids is 2. The van der Waals surface area contributed by atoms with Crippen molar-refractivity contribution in [3.8, 4) is 0 Å². The first kappa shape index (κ1) is 18.0. The van der Waals surface area contributed by atoms with Gasteiger partial charge in [0.2, 0.25) is 5.91 Å². The second-order valence-electron chi connectivity index (χ2n) is 4.77. The molecule has 0 heterocycles. The largest absolute Gasteiger partial charge is 0.480 e. The molecule has 4 N–H and O–H groups in total. The number of halogens is 3. The second-order valence-corrected chi connectivity index (χ2v) is 4.77. The Balaban J connectivity index is 4.72. The zero-order chi connectivity index (χ0) is 16.1. The first-order valence-corrected chi connectivity index (χ1v) is 5.46. The van der Waals surface area contributed by atoms with Gasteiger partial charge in [-0.25, -0.2) is 4.79 Å². The molecule has 0 atom stereocenters. The van der Waals surface area contributed by atoms with Crippen molar-refractivity contribution >= 4 is 17.9 Å². The lowest BCUT2D eigenvalue weighted by Crippen LogP contribution is -2.50. The molecule has 0 bridgehead atoms. The number of urea groups is 1. The summed E-state index contributed by atoms with van der Waals surface area (Å²) in [6, 6.07) is -1.24. The van der Waals surface area contributed by atoms with E-state index in [1.807, 2.05) is 0 Å². The summed E-state index contributed by atoms with van der Waals surface area (Å²) in [6.45, 7) is -0.346. The predicted molar refractivity (Wildman–Crippen MR) is 61.6 cm³/mol. The molecule has 0 aromatic rings. The van der Waals surface area contributed by atoms with Crippen LogP contribution in [0, 0.1) is 5.41 Å². The summed E-state index contributed by atoms with van der Waals surface area (Å²) < 4.78 is 36.7. The lowest BCUT2D eigenvalue weighted by molar-refractivity contribution is -0.149. The smallest absolute Gasteiger partial charge is 0.406 e. The molecular formula is C10H16F3N3O4.